The van der Waals surface area contributed by atoms with Gasteiger partial charge in [-0.3, -0.25) is 0 Å². The monoisotopic (exact) mass is 174 g/mol. The van der Waals surface area contributed by atoms with Gasteiger partial charge in [0.2, 0.25) is 0 Å². The lowest BCUT2D eigenvalue weighted by Crippen LogP contribution is -1.82. The van der Waals surface area contributed by atoms with Crippen LogP contribution in [0.25, 0.3) is 0 Å². The SMILES string of the molecule is C=S(C)CCCCCCCC. The second kappa shape index (κ2) is 8.32. The summed E-state index contributed by atoms with van der Waals surface area (Å²) in [6.45, 7) is 2.26. The highest BCUT2D eigenvalue weighted by molar-refractivity contribution is 8.13. The van der Waals surface area contributed by atoms with Gasteiger partial charge in [-0.1, -0.05) is 44.9 Å². The zero-order valence-electron chi connectivity index (χ0n) is 8.07. The molecule has 0 saturated heterocycles. The average molecular weight is 174 g/mol. The molecule has 1 atom stereocenters. The van der Waals surface area contributed by atoms with Gasteiger partial charge in [-0.2, -0.15) is 10.5 Å². The molecule has 0 N–H and O–H groups in total. The standard InChI is InChI=1S/C10H22S/c1-4-5-6-7-8-9-10-11(2)3/h2,4-10H2,1,3H3. The predicted octanol–water partition coefficient (Wildman–Crippen LogP) is 3.68. The van der Waals surface area contributed by atoms with E-state index in [9.17, 15) is 0 Å². The second-order valence-electron chi connectivity index (χ2n) is 3.25. The lowest BCUT2D eigenvalue weighted by Gasteiger charge is -2.00. The van der Waals surface area contributed by atoms with Crippen LogP contribution in [-0.4, -0.2) is 17.9 Å². The normalized spacial score (nSPS) is 13.3. The van der Waals surface area contributed by atoms with E-state index in [4.69, 9.17) is 0 Å². The minimum atomic E-state index is 0.427. The molecule has 0 rings (SSSR count). The van der Waals surface area contributed by atoms with E-state index in [0.29, 0.717) is 10.5 Å². The number of hydrogen-bond acceptors (Lipinski definition) is 0. The molecule has 0 amide bonds. The van der Waals surface area contributed by atoms with Gasteiger partial charge in [0, 0.05) is 0 Å². The predicted molar refractivity (Wildman–Crippen MR) is 58.9 cm³/mol. The van der Waals surface area contributed by atoms with Crippen molar-refractivity contribution >= 4 is 16.4 Å². The maximum absolute atomic E-state index is 4.00. The fraction of sp³-hybridized carbons (Fsp3) is 0.900. The lowest BCUT2D eigenvalue weighted by molar-refractivity contribution is 0.627. The highest BCUT2D eigenvalue weighted by Crippen LogP contribution is 2.10. The summed E-state index contributed by atoms with van der Waals surface area (Å²) in [6.07, 6.45) is 10.7. The molecule has 0 aromatic heterocycles. The fourth-order valence-electron chi connectivity index (χ4n) is 1.13. The first-order valence-electron chi connectivity index (χ1n) is 4.69. The summed E-state index contributed by atoms with van der Waals surface area (Å²) in [5, 5.41) is 0. The molecule has 0 aromatic carbocycles. The summed E-state index contributed by atoms with van der Waals surface area (Å²) in [5.74, 6) is 5.34. The molecule has 0 bridgehead atoms. The zero-order valence-corrected chi connectivity index (χ0v) is 8.88. The van der Waals surface area contributed by atoms with Crippen LogP contribution in [0.2, 0.25) is 0 Å². The molecular formula is C10H22S. The van der Waals surface area contributed by atoms with E-state index in [1.807, 2.05) is 0 Å². The Morgan fingerprint density at radius 3 is 2.09 bits per heavy atom. The van der Waals surface area contributed by atoms with Gasteiger partial charge in [0.1, 0.15) is 0 Å². The number of rotatable bonds is 7. The Kier molecular flexibility index (Phi) is 8.48. The Morgan fingerprint density at radius 1 is 1.00 bits per heavy atom. The van der Waals surface area contributed by atoms with Crippen molar-refractivity contribution in [2.24, 2.45) is 0 Å². The molecule has 0 radical (unpaired) electrons. The Labute approximate surface area is 74.3 Å². The molecule has 68 valence electrons. The molecule has 0 aliphatic heterocycles. The third-order valence-electron chi connectivity index (χ3n) is 1.85. The molecule has 0 saturated carbocycles. The van der Waals surface area contributed by atoms with E-state index in [-0.39, 0.29) is 0 Å². The summed E-state index contributed by atoms with van der Waals surface area (Å²) < 4.78 is 0. The van der Waals surface area contributed by atoms with Crippen molar-refractivity contribution in [3.63, 3.8) is 0 Å². The molecule has 0 spiro atoms. The molecule has 0 nitrogen and oxygen atoms in total. The van der Waals surface area contributed by atoms with Crippen molar-refractivity contribution in [1.82, 2.24) is 0 Å². The van der Waals surface area contributed by atoms with Gasteiger partial charge >= 0.3 is 0 Å². The van der Waals surface area contributed by atoms with Crippen LogP contribution in [0.5, 0.6) is 0 Å². The summed E-state index contributed by atoms with van der Waals surface area (Å²) in [5.41, 5.74) is 0. The molecule has 0 aromatic rings. The smallest absolute Gasteiger partial charge is 0.0125 e. The van der Waals surface area contributed by atoms with E-state index in [2.05, 4.69) is 19.0 Å². The van der Waals surface area contributed by atoms with E-state index >= 15 is 0 Å². The van der Waals surface area contributed by atoms with Crippen LogP contribution < -0.4 is 0 Å². The molecule has 11 heavy (non-hydrogen) atoms. The first kappa shape index (κ1) is 11.2. The van der Waals surface area contributed by atoms with Crippen molar-refractivity contribution < 1.29 is 0 Å². The van der Waals surface area contributed by atoms with Crippen LogP contribution in [0.4, 0.5) is 0 Å². The third kappa shape index (κ3) is 10.2. The maximum Gasteiger partial charge on any atom is -0.0125 e. The van der Waals surface area contributed by atoms with E-state index in [0.717, 1.165) is 0 Å². The Morgan fingerprint density at radius 2 is 1.55 bits per heavy atom. The van der Waals surface area contributed by atoms with Gasteiger partial charge in [0.25, 0.3) is 0 Å². The van der Waals surface area contributed by atoms with Gasteiger partial charge in [0.15, 0.2) is 0 Å². The Hall–Kier alpha value is 0.220. The lowest BCUT2D eigenvalue weighted by atomic mass is 10.1. The minimum Gasteiger partial charge on any atom is -0.196 e. The number of unbranched alkanes of at least 4 members (excludes halogenated alkanes) is 5. The Bertz CT molecular complexity index is 97.0. The van der Waals surface area contributed by atoms with Gasteiger partial charge in [0.05, 0.1) is 0 Å². The first-order valence-corrected chi connectivity index (χ1v) is 6.66. The van der Waals surface area contributed by atoms with Crippen molar-refractivity contribution in [3.05, 3.63) is 0 Å². The van der Waals surface area contributed by atoms with Gasteiger partial charge in [-0.05, 0) is 18.4 Å². The summed E-state index contributed by atoms with van der Waals surface area (Å²) in [6, 6.07) is 0. The topological polar surface area (TPSA) is 0 Å². The zero-order chi connectivity index (χ0) is 8.53. The molecule has 0 heterocycles. The summed E-state index contributed by atoms with van der Waals surface area (Å²) in [4.78, 5) is 0. The second-order valence-corrected chi connectivity index (χ2v) is 5.22. The van der Waals surface area contributed by atoms with E-state index in [1.54, 1.807) is 0 Å². The Balaban J connectivity index is 2.85. The van der Waals surface area contributed by atoms with Crippen molar-refractivity contribution in [1.29, 1.82) is 0 Å². The quantitative estimate of drug-likeness (QED) is 0.408. The highest BCUT2D eigenvalue weighted by atomic mass is 32.2. The van der Waals surface area contributed by atoms with Crippen molar-refractivity contribution in [2.75, 3.05) is 12.0 Å². The van der Waals surface area contributed by atoms with Crippen LogP contribution in [0.15, 0.2) is 0 Å². The molecule has 0 fully saturated rings. The van der Waals surface area contributed by atoms with Gasteiger partial charge in [-0.25, -0.2) is 0 Å². The summed E-state index contributed by atoms with van der Waals surface area (Å²) in [7, 11) is 0.427. The van der Waals surface area contributed by atoms with E-state index in [1.165, 1.54) is 44.3 Å². The molecular weight excluding hydrogens is 152 g/mol. The van der Waals surface area contributed by atoms with Gasteiger partial charge < -0.3 is 0 Å². The van der Waals surface area contributed by atoms with Crippen LogP contribution in [0, 0.1) is 0 Å². The van der Waals surface area contributed by atoms with Gasteiger partial charge in [-0.15, -0.1) is 0 Å². The first-order chi connectivity index (χ1) is 5.27. The van der Waals surface area contributed by atoms with Crippen molar-refractivity contribution in [2.45, 2.75) is 45.4 Å². The van der Waals surface area contributed by atoms with Crippen LogP contribution >= 0.6 is 10.5 Å². The molecule has 1 heteroatoms. The average Bonchev–Trinajstić information content (AvgIpc) is 1.96. The van der Waals surface area contributed by atoms with E-state index < -0.39 is 0 Å². The van der Waals surface area contributed by atoms with Crippen molar-refractivity contribution in [3.8, 4) is 0 Å². The maximum atomic E-state index is 4.00. The molecule has 0 aliphatic carbocycles. The van der Waals surface area contributed by atoms with Crippen LogP contribution in [-0.2, 0) is 0 Å². The molecule has 1 unspecified atom stereocenters. The third-order valence-corrected chi connectivity index (χ3v) is 2.83. The van der Waals surface area contributed by atoms with Crippen LogP contribution in [0.1, 0.15) is 45.4 Å². The highest BCUT2D eigenvalue weighted by Gasteiger charge is 1.89. The number of hydrogen-bond donors (Lipinski definition) is 0. The summed E-state index contributed by atoms with van der Waals surface area (Å²) >= 11 is 0. The minimum absolute atomic E-state index is 0.427. The van der Waals surface area contributed by atoms with Crippen LogP contribution in [0.3, 0.4) is 0 Å². The fourth-order valence-corrected chi connectivity index (χ4v) is 1.83. The molecule has 0 aliphatic rings. The largest absolute Gasteiger partial charge is 0.196 e.